The first-order valence-electron chi connectivity index (χ1n) is 5.58. The Morgan fingerprint density at radius 3 is 2.60 bits per heavy atom. The summed E-state index contributed by atoms with van der Waals surface area (Å²) < 4.78 is 25.4. The molecule has 1 fully saturated rings. The summed E-state index contributed by atoms with van der Waals surface area (Å²) in [6.07, 6.45) is 4.88. The number of hydrogen-bond acceptors (Lipinski definition) is 2. The fraction of sp³-hybridized carbons (Fsp3) is 1.00. The topological polar surface area (TPSA) is 46.2 Å². The van der Waals surface area contributed by atoms with Crippen LogP contribution >= 0.6 is 11.6 Å². The maximum absolute atomic E-state index is 11.4. The second kappa shape index (κ2) is 6.06. The van der Waals surface area contributed by atoms with Gasteiger partial charge in [0, 0.05) is 12.4 Å². The first kappa shape index (κ1) is 13.3. The smallest absolute Gasteiger partial charge is 0.212 e. The van der Waals surface area contributed by atoms with Crippen molar-refractivity contribution in [3.63, 3.8) is 0 Å². The molecular weight excluding hydrogens is 234 g/mol. The Hall–Kier alpha value is 0.200. The molecule has 0 aromatic heterocycles. The van der Waals surface area contributed by atoms with Gasteiger partial charge >= 0.3 is 0 Å². The molecule has 0 aromatic carbocycles. The van der Waals surface area contributed by atoms with Gasteiger partial charge in [-0.3, -0.25) is 0 Å². The summed E-state index contributed by atoms with van der Waals surface area (Å²) in [6.45, 7) is 2.79. The van der Waals surface area contributed by atoms with E-state index in [1.807, 2.05) is 0 Å². The quantitative estimate of drug-likeness (QED) is 0.762. The van der Waals surface area contributed by atoms with Crippen molar-refractivity contribution < 1.29 is 8.42 Å². The minimum Gasteiger partial charge on any atom is -0.215 e. The second-order valence-corrected chi connectivity index (χ2v) is 6.68. The Kier molecular flexibility index (Phi) is 5.36. The lowest BCUT2D eigenvalue weighted by atomic mass is 9.81. The monoisotopic (exact) mass is 253 g/mol. The molecule has 0 spiro atoms. The van der Waals surface area contributed by atoms with Gasteiger partial charge < -0.3 is 0 Å². The summed E-state index contributed by atoms with van der Waals surface area (Å²) in [5.74, 6) is 1.33. The standard InChI is InChI=1S/C10H20ClNO2S/c1-9-4-2-3-5-10(9)8-12-15(13,14)7-6-11/h9-10,12H,2-8H2,1H3. The molecule has 2 atom stereocenters. The van der Waals surface area contributed by atoms with Crippen molar-refractivity contribution in [3.05, 3.63) is 0 Å². The zero-order valence-corrected chi connectivity index (χ0v) is 10.8. The summed E-state index contributed by atoms with van der Waals surface area (Å²) in [6, 6.07) is 0. The Labute approximate surface area is 97.6 Å². The third-order valence-electron chi connectivity index (χ3n) is 3.20. The molecule has 0 aromatic rings. The van der Waals surface area contributed by atoms with E-state index in [9.17, 15) is 8.42 Å². The molecule has 1 N–H and O–H groups in total. The van der Waals surface area contributed by atoms with Crippen LogP contribution in [-0.4, -0.2) is 26.6 Å². The van der Waals surface area contributed by atoms with E-state index in [4.69, 9.17) is 11.6 Å². The summed E-state index contributed by atoms with van der Waals surface area (Å²) in [7, 11) is -3.14. The fourth-order valence-electron chi connectivity index (χ4n) is 2.10. The highest BCUT2D eigenvalue weighted by atomic mass is 35.5. The number of nitrogens with one attached hydrogen (secondary N) is 1. The van der Waals surface area contributed by atoms with Crippen LogP contribution in [0.4, 0.5) is 0 Å². The van der Waals surface area contributed by atoms with Gasteiger partial charge in [0.2, 0.25) is 10.0 Å². The molecule has 0 saturated heterocycles. The van der Waals surface area contributed by atoms with E-state index in [2.05, 4.69) is 11.6 Å². The minimum absolute atomic E-state index is 0.0235. The van der Waals surface area contributed by atoms with Crippen molar-refractivity contribution in [2.75, 3.05) is 18.2 Å². The molecule has 5 heteroatoms. The van der Waals surface area contributed by atoms with Gasteiger partial charge in [0.25, 0.3) is 0 Å². The van der Waals surface area contributed by atoms with E-state index in [-0.39, 0.29) is 11.6 Å². The maximum Gasteiger partial charge on any atom is 0.212 e. The molecule has 3 nitrogen and oxygen atoms in total. The third kappa shape index (κ3) is 4.70. The predicted molar refractivity (Wildman–Crippen MR) is 63.6 cm³/mol. The van der Waals surface area contributed by atoms with Gasteiger partial charge in [0.1, 0.15) is 0 Å². The number of hydrogen-bond donors (Lipinski definition) is 1. The first-order valence-corrected chi connectivity index (χ1v) is 7.77. The van der Waals surface area contributed by atoms with E-state index >= 15 is 0 Å². The largest absolute Gasteiger partial charge is 0.215 e. The van der Waals surface area contributed by atoms with Gasteiger partial charge in [-0.2, -0.15) is 0 Å². The van der Waals surface area contributed by atoms with Crippen LogP contribution in [-0.2, 0) is 10.0 Å². The van der Waals surface area contributed by atoms with E-state index in [1.165, 1.54) is 19.3 Å². The van der Waals surface area contributed by atoms with Crippen LogP contribution < -0.4 is 4.72 Å². The molecule has 1 rings (SSSR count). The summed E-state index contributed by atoms with van der Waals surface area (Å²) in [4.78, 5) is 0. The molecule has 90 valence electrons. The van der Waals surface area contributed by atoms with Crippen LogP contribution in [0.2, 0.25) is 0 Å². The van der Waals surface area contributed by atoms with E-state index in [0.717, 1.165) is 6.42 Å². The van der Waals surface area contributed by atoms with Gasteiger partial charge in [-0.05, 0) is 18.3 Å². The molecule has 1 saturated carbocycles. The van der Waals surface area contributed by atoms with Gasteiger partial charge in [-0.15, -0.1) is 11.6 Å². The van der Waals surface area contributed by atoms with Crippen LogP contribution in [0.1, 0.15) is 32.6 Å². The van der Waals surface area contributed by atoms with Crippen LogP contribution in [0.25, 0.3) is 0 Å². The third-order valence-corrected chi connectivity index (χ3v) is 4.96. The van der Waals surface area contributed by atoms with Crippen LogP contribution in [0.5, 0.6) is 0 Å². The number of rotatable bonds is 5. The lowest BCUT2D eigenvalue weighted by molar-refractivity contribution is 0.257. The lowest BCUT2D eigenvalue weighted by Gasteiger charge is -2.28. The Bertz CT molecular complexity index is 279. The van der Waals surface area contributed by atoms with Gasteiger partial charge in [-0.25, -0.2) is 13.1 Å². The molecule has 0 heterocycles. The first-order chi connectivity index (χ1) is 7.05. The average Bonchev–Trinajstić information content (AvgIpc) is 2.16. The van der Waals surface area contributed by atoms with Crippen LogP contribution in [0, 0.1) is 11.8 Å². The van der Waals surface area contributed by atoms with Crippen molar-refractivity contribution >= 4 is 21.6 Å². The Balaban J connectivity index is 2.35. The molecule has 0 amide bonds. The van der Waals surface area contributed by atoms with Crippen molar-refractivity contribution in [2.24, 2.45) is 11.8 Å². The number of alkyl halides is 1. The zero-order valence-electron chi connectivity index (χ0n) is 9.21. The molecule has 0 radical (unpaired) electrons. The molecule has 0 aliphatic heterocycles. The average molecular weight is 254 g/mol. The Morgan fingerprint density at radius 2 is 2.00 bits per heavy atom. The maximum atomic E-state index is 11.4. The van der Waals surface area contributed by atoms with Gasteiger partial charge in [0.05, 0.1) is 5.75 Å². The van der Waals surface area contributed by atoms with Crippen LogP contribution in [0.3, 0.4) is 0 Å². The molecular formula is C10H20ClNO2S. The summed E-state index contributed by atoms with van der Waals surface area (Å²) in [5, 5.41) is 0. The molecule has 1 aliphatic carbocycles. The molecule has 15 heavy (non-hydrogen) atoms. The van der Waals surface area contributed by atoms with Gasteiger partial charge in [-0.1, -0.05) is 26.2 Å². The van der Waals surface area contributed by atoms with Crippen LogP contribution in [0.15, 0.2) is 0 Å². The summed E-state index contributed by atoms with van der Waals surface area (Å²) in [5.41, 5.74) is 0. The Morgan fingerprint density at radius 1 is 1.33 bits per heavy atom. The van der Waals surface area contributed by atoms with Crippen molar-refractivity contribution in [1.29, 1.82) is 0 Å². The summed E-state index contributed by atoms with van der Waals surface area (Å²) >= 11 is 5.42. The zero-order chi connectivity index (χ0) is 11.3. The molecule has 0 bridgehead atoms. The minimum atomic E-state index is -3.14. The van der Waals surface area contributed by atoms with Crippen molar-refractivity contribution in [1.82, 2.24) is 4.72 Å². The lowest BCUT2D eigenvalue weighted by Crippen LogP contribution is -2.35. The SMILES string of the molecule is CC1CCCCC1CNS(=O)(=O)CCCl. The van der Waals surface area contributed by atoms with Gasteiger partial charge in [0.15, 0.2) is 0 Å². The molecule has 2 unspecified atom stereocenters. The van der Waals surface area contributed by atoms with Crippen molar-refractivity contribution in [2.45, 2.75) is 32.6 Å². The van der Waals surface area contributed by atoms with Crippen molar-refractivity contribution in [3.8, 4) is 0 Å². The highest BCUT2D eigenvalue weighted by Gasteiger charge is 2.22. The van der Waals surface area contributed by atoms with E-state index < -0.39 is 10.0 Å². The highest BCUT2D eigenvalue weighted by molar-refractivity contribution is 7.89. The van der Waals surface area contributed by atoms with E-state index in [1.54, 1.807) is 0 Å². The number of sulfonamides is 1. The normalized spacial score (nSPS) is 27.9. The van der Waals surface area contributed by atoms with E-state index in [0.29, 0.717) is 18.4 Å². The predicted octanol–water partition coefficient (Wildman–Crippen LogP) is 1.97. The fourth-order valence-corrected chi connectivity index (χ4v) is 3.53. The number of halogens is 1. The second-order valence-electron chi connectivity index (χ2n) is 4.38. The highest BCUT2D eigenvalue weighted by Crippen LogP contribution is 2.28. The molecule has 1 aliphatic rings.